The van der Waals surface area contributed by atoms with Gasteiger partial charge in [-0.1, -0.05) is 40.9 Å². The van der Waals surface area contributed by atoms with Crippen LogP contribution in [0.3, 0.4) is 0 Å². The van der Waals surface area contributed by atoms with Crippen LogP contribution in [0.15, 0.2) is 154 Å². The molecule has 0 bridgehead atoms. The Morgan fingerprint density at radius 2 is 1.59 bits per heavy atom. The number of H-pyrrole nitrogens is 1. The molecule has 70 heavy (non-hydrogen) atoms. The van der Waals surface area contributed by atoms with Gasteiger partial charge >= 0.3 is 0 Å². The van der Waals surface area contributed by atoms with Gasteiger partial charge in [-0.15, -0.1) is 27.8 Å². The van der Waals surface area contributed by atoms with Crippen molar-refractivity contribution in [3.8, 4) is 33.9 Å². The normalized spacial score (nSPS) is 16.6. The Morgan fingerprint density at radius 3 is 2.51 bits per heavy atom. The summed E-state index contributed by atoms with van der Waals surface area (Å²) in [6.07, 6.45) is 11.5. The molecule has 336 valence electrons. The second kappa shape index (κ2) is 15.5. The lowest BCUT2D eigenvalue weighted by Gasteiger charge is -2.48. The Hall–Kier alpha value is -8.01. The van der Waals surface area contributed by atoms with E-state index in [-0.39, 0.29) is 33.3 Å². The number of hydrogen-bond donors (Lipinski definition) is 4. The number of carbonyl (C=O) groups excluding carboxylic acids is 1. The van der Waals surface area contributed by atoms with Gasteiger partial charge in [-0.3, -0.25) is 13.9 Å². The van der Waals surface area contributed by atoms with Crippen LogP contribution < -0.4 is 15.2 Å². The highest BCUT2D eigenvalue weighted by molar-refractivity contribution is 8.14. The smallest absolute Gasteiger partial charge is 0.260 e. The predicted octanol–water partition coefficient (Wildman–Crippen LogP) is 10.8. The highest BCUT2D eigenvalue weighted by Crippen LogP contribution is 2.59. The van der Waals surface area contributed by atoms with Gasteiger partial charge in [0.25, 0.3) is 5.56 Å². The Balaban J connectivity index is 1.19. The molecule has 3 aliphatic heterocycles. The molecule has 0 spiro atoms. The number of anilines is 2. The number of para-hydroxylation sites is 1. The van der Waals surface area contributed by atoms with E-state index in [0.717, 1.165) is 49.1 Å². The van der Waals surface area contributed by atoms with E-state index in [2.05, 4.69) is 31.4 Å². The molecule has 1 atom stereocenters. The van der Waals surface area contributed by atoms with Crippen molar-refractivity contribution in [2.45, 2.75) is 10.6 Å². The maximum Gasteiger partial charge on any atom is 0.260 e. The molecule has 0 saturated carbocycles. The summed E-state index contributed by atoms with van der Waals surface area (Å²) in [5.41, 5.74) is 9.45. The summed E-state index contributed by atoms with van der Waals surface area (Å²) in [6.45, 7) is 0. The van der Waals surface area contributed by atoms with E-state index in [9.17, 15) is 15.0 Å². The number of carbonyl (C=O) groups is 1. The van der Waals surface area contributed by atoms with Gasteiger partial charge in [0.2, 0.25) is 5.12 Å². The number of aromatic nitrogens is 8. The van der Waals surface area contributed by atoms with Crippen molar-refractivity contribution in [2.24, 2.45) is 0 Å². The van der Waals surface area contributed by atoms with E-state index in [1.54, 1.807) is 48.2 Å². The Labute approximate surface area is 414 Å². The number of nitrogens with one attached hydrogen (secondary N) is 2. The number of benzene rings is 4. The van der Waals surface area contributed by atoms with Crippen LogP contribution in [0.4, 0.5) is 11.5 Å². The van der Waals surface area contributed by atoms with E-state index in [1.165, 1.54) is 52.4 Å². The van der Waals surface area contributed by atoms with Crippen molar-refractivity contribution in [3.63, 3.8) is 0 Å². The van der Waals surface area contributed by atoms with Gasteiger partial charge in [-0.2, -0.15) is 0 Å². The van der Waals surface area contributed by atoms with Gasteiger partial charge in [-0.25, -0.2) is 24.9 Å². The Morgan fingerprint density at radius 1 is 0.743 bits per heavy atom. The van der Waals surface area contributed by atoms with Crippen molar-refractivity contribution >= 4 is 133 Å². The number of phenolic OH excluding ortho intramolecular Hbond substituents is 2. The fraction of sp³-hybridized carbons (Fsp3) is 0.0200. The third-order valence-electron chi connectivity index (χ3n) is 12.7. The number of nitrogens with zero attached hydrogens (tertiary/aromatic N) is 9. The molecule has 4 N–H and O–H groups in total. The topological polar surface area (TPSA) is 199 Å². The third kappa shape index (κ3) is 6.10. The first-order chi connectivity index (χ1) is 34.3. The molecule has 20 heteroatoms. The van der Waals surface area contributed by atoms with Crippen LogP contribution in [0.25, 0.3) is 80.4 Å². The molecule has 15 nitrogen and oxygen atoms in total. The lowest BCUT2D eigenvalue weighted by Crippen LogP contribution is -2.53. The van der Waals surface area contributed by atoms with Crippen molar-refractivity contribution in [3.05, 3.63) is 172 Å². The molecule has 4 aromatic carbocycles. The zero-order chi connectivity index (χ0) is 46.8. The largest absolute Gasteiger partial charge is 0.507 e. The number of pyridine rings is 4. The third-order valence-corrected chi connectivity index (χ3v) is 16.7. The van der Waals surface area contributed by atoms with Crippen LogP contribution >= 0.6 is 58.1 Å². The van der Waals surface area contributed by atoms with E-state index in [0.29, 0.717) is 65.3 Å². The van der Waals surface area contributed by atoms with E-state index in [1.807, 2.05) is 81.7 Å². The first-order valence-corrected chi connectivity index (χ1v) is 25.5. The first-order valence-electron chi connectivity index (χ1n) is 21.4. The van der Waals surface area contributed by atoms with Crippen molar-refractivity contribution in [1.29, 1.82) is 0 Å². The van der Waals surface area contributed by atoms with Crippen LogP contribution in [0, 0.1) is 0 Å². The van der Waals surface area contributed by atoms with Crippen molar-refractivity contribution < 1.29 is 15.0 Å². The molecule has 0 radical (unpaired) electrons. The Bertz CT molecular complexity index is 4180. The SMILES string of the molecule is O=C1Sc2ncc(C3=CC4=CNSN4C=C3)c(-c3ccc4scnc4c3)c2N(c2nc3c(O)cccc3cc2-c2cc3cccc(O)c3c(=O)[nH]2)C1(c1ccc2snnc2c1)c1cnc2scnc2c1. The summed E-state index contributed by atoms with van der Waals surface area (Å²) in [4.78, 5) is 61.2. The molecule has 3 aliphatic rings. The zero-order valence-corrected chi connectivity index (χ0v) is 39.6. The maximum atomic E-state index is 16.3. The second-order valence-corrected chi connectivity index (χ2v) is 20.8. The number of hydrogen-bond acceptors (Lipinski definition) is 19. The number of thiazole rings is 2. The van der Waals surface area contributed by atoms with Crippen LogP contribution in [0.2, 0.25) is 0 Å². The fourth-order valence-electron chi connectivity index (χ4n) is 9.59. The summed E-state index contributed by atoms with van der Waals surface area (Å²) in [6, 6.07) is 27.3. The molecular formula is C50H27N11O4S5. The average molecular weight is 1010 g/mol. The minimum absolute atomic E-state index is 0.106. The Kier molecular flexibility index (Phi) is 9.08. The van der Waals surface area contributed by atoms with Crippen molar-refractivity contribution in [2.75, 3.05) is 4.90 Å². The average Bonchev–Trinajstić information content (AvgIpc) is 4.23. The van der Waals surface area contributed by atoms with Crippen molar-refractivity contribution in [1.82, 2.24) is 48.5 Å². The molecule has 10 heterocycles. The molecule has 0 aliphatic carbocycles. The van der Waals surface area contributed by atoms with E-state index >= 15 is 4.79 Å². The number of thioether (sulfide) groups is 1. The molecule has 1 unspecified atom stereocenters. The van der Waals surface area contributed by atoms with Gasteiger partial charge < -0.3 is 24.8 Å². The van der Waals surface area contributed by atoms with Crippen LogP contribution in [-0.2, 0) is 10.3 Å². The lowest BCUT2D eigenvalue weighted by atomic mass is 9.80. The second-order valence-electron chi connectivity index (χ2n) is 16.5. The molecule has 14 rings (SSSR count). The summed E-state index contributed by atoms with van der Waals surface area (Å²) < 4.78 is 11.3. The van der Waals surface area contributed by atoms with Crippen LogP contribution in [0.1, 0.15) is 16.7 Å². The highest BCUT2D eigenvalue weighted by atomic mass is 32.2. The maximum absolute atomic E-state index is 16.3. The van der Waals surface area contributed by atoms with Crippen LogP contribution in [-0.4, -0.2) is 59.1 Å². The first kappa shape index (κ1) is 41.0. The van der Waals surface area contributed by atoms with Gasteiger partial charge in [0.15, 0.2) is 5.54 Å². The standard InChI is InChI=1S/C50H27N11O4S5/c62-37-5-1-3-25-15-33(56-46(64)42(25)37)31-14-27-4-2-6-38(63)43(27)57-45(31)61-44-41(26-7-9-39-34(16-26)53-22-66-39)32(24-11-12-60-30(13-24)20-55-70-60)21-52-48(44)68-49(65)50(61,28-8-10-40-35(17-28)58-59-69-40)29-18-36-47(51-19-29)67-23-54-36/h1-23,55,62-63H,(H,56,64). The number of fused-ring (bicyclic) bond motifs is 7. The molecule has 11 aromatic rings. The molecule has 0 amide bonds. The molecule has 0 fully saturated rings. The summed E-state index contributed by atoms with van der Waals surface area (Å²) >= 11 is 6.61. The van der Waals surface area contributed by atoms with E-state index < -0.39 is 11.1 Å². The molecule has 0 saturated heterocycles. The van der Waals surface area contributed by atoms with Gasteiger partial charge in [-0.05, 0) is 112 Å². The van der Waals surface area contributed by atoms with E-state index in [4.69, 9.17) is 24.9 Å². The zero-order valence-electron chi connectivity index (χ0n) is 35.6. The number of rotatable bonds is 6. The van der Waals surface area contributed by atoms with Gasteiger partial charge in [0.1, 0.15) is 43.7 Å². The minimum Gasteiger partial charge on any atom is -0.507 e. The quantitative estimate of drug-likeness (QED) is 0.115. The number of allylic oxidation sites excluding steroid dienone is 3. The summed E-state index contributed by atoms with van der Waals surface area (Å²) in [5.74, 6) is -0.0964. The number of aromatic hydroxyl groups is 2. The predicted molar refractivity (Wildman–Crippen MR) is 278 cm³/mol. The van der Waals surface area contributed by atoms with Gasteiger partial charge in [0.05, 0.1) is 60.5 Å². The monoisotopic (exact) mass is 1010 g/mol. The van der Waals surface area contributed by atoms with Crippen LogP contribution in [0.5, 0.6) is 11.5 Å². The number of aromatic amines is 1. The molecule has 7 aromatic heterocycles. The summed E-state index contributed by atoms with van der Waals surface area (Å²) in [5, 5.41) is 28.4. The lowest BCUT2D eigenvalue weighted by molar-refractivity contribution is -0.114. The highest BCUT2D eigenvalue weighted by Gasteiger charge is 2.55. The minimum atomic E-state index is -1.86. The van der Waals surface area contributed by atoms with Gasteiger partial charge in [0, 0.05) is 52.4 Å². The fourth-order valence-corrected chi connectivity index (χ4v) is 13.1. The number of phenols is 2. The summed E-state index contributed by atoms with van der Waals surface area (Å²) in [7, 11) is 0. The molecular weight excluding hydrogens is 979 g/mol.